The molecule has 1 N–H and O–H groups in total. The Bertz CT molecular complexity index is 859. The Kier molecular flexibility index (Phi) is 5.60. The van der Waals surface area contributed by atoms with Gasteiger partial charge in [-0.3, -0.25) is 14.3 Å². The topological polar surface area (TPSA) is 102 Å². The molecule has 2 heterocycles. The highest BCUT2D eigenvalue weighted by atomic mass is 32.1. The highest BCUT2D eigenvalue weighted by molar-refractivity contribution is 7.78. The molecule has 1 saturated heterocycles. The van der Waals surface area contributed by atoms with Gasteiger partial charge in [0.25, 0.3) is 5.91 Å². The lowest BCUT2D eigenvalue weighted by atomic mass is 9.70. The molecule has 1 aliphatic carbocycles. The fraction of sp³-hybridized carbons (Fsp3) is 0.600. The number of fused-ring (bicyclic) bond motifs is 2. The average Bonchev–Trinajstić information content (AvgIpc) is 3.31. The van der Waals surface area contributed by atoms with Crippen LogP contribution in [0.25, 0.3) is 0 Å². The van der Waals surface area contributed by atoms with Crippen molar-refractivity contribution in [3.05, 3.63) is 23.3 Å². The highest BCUT2D eigenvalue weighted by Crippen LogP contribution is 2.49. The van der Waals surface area contributed by atoms with E-state index in [9.17, 15) is 9.59 Å². The van der Waals surface area contributed by atoms with Gasteiger partial charge < -0.3 is 28.4 Å². The molecule has 0 radical (unpaired) electrons. The van der Waals surface area contributed by atoms with E-state index in [1.807, 2.05) is 13.8 Å². The first kappa shape index (κ1) is 21.2. The summed E-state index contributed by atoms with van der Waals surface area (Å²) in [4.78, 5) is 25.5. The number of nitrogens with one attached hydrogen (secondary N) is 1. The molecule has 1 aromatic rings. The minimum Gasteiger partial charge on any atom is -0.469 e. The molecule has 1 amide bonds. The van der Waals surface area contributed by atoms with Crippen LogP contribution in [0.2, 0.25) is 0 Å². The summed E-state index contributed by atoms with van der Waals surface area (Å²) in [7, 11) is 2.85. The molecule has 10 heteroatoms. The SMILES string of the molecule is COC(=O)C1C(c2cc3c(cc2C(=O)NS)OCO3)CC2OC(C)(C)OC2C1OC. The van der Waals surface area contributed by atoms with Crippen LogP contribution in [0, 0.1) is 5.92 Å². The zero-order valence-electron chi connectivity index (χ0n) is 17.2. The molecular weight excluding hydrogens is 414 g/mol. The number of methoxy groups -OCH3 is 2. The van der Waals surface area contributed by atoms with Gasteiger partial charge >= 0.3 is 5.97 Å². The van der Waals surface area contributed by atoms with E-state index in [1.165, 1.54) is 14.2 Å². The number of amides is 1. The van der Waals surface area contributed by atoms with Crippen molar-refractivity contribution in [3.63, 3.8) is 0 Å². The molecule has 4 rings (SSSR count). The zero-order chi connectivity index (χ0) is 21.6. The number of hydrogen-bond donors (Lipinski definition) is 2. The first-order valence-corrected chi connectivity index (χ1v) is 10.1. The summed E-state index contributed by atoms with van der Waals surface area (Å²) in [6.07, 6.45) is -0.963. The van der Waals surface area contributed by atoms with Gasteiger partial charge in [0, 0.05) is 18.6 Å². The minimum absolute atomic E-state index is 0.0579. The quantitative estimate of drug-likeness (QED) is 0.541. The van der Waals surface area contributed by atoms with Crippen LogP contribution in [-0.4, -0.2) is 57.0 Å². The fourth-order valence-electron chi connectivity index (χ4n) is 4.71. The Morgan fingerprint density at radius 1 is 1.17 bits per heavy atom. The lowest BCUT2D eigenvalue weighted by molar-refractivity contribution is -0.171. The number of benzene rings is 1. The van der Waals surface area contributed by atoms with E-state index in [4.69, 9.17) is 28.4 Å². The number of rotatable bonds is 4. The van der Waals surface area contributed by atoms with Crippen molar-refractivity contribution < 1.29 is 38.0 Å². The third kappa shape index (κ3) is 3.51. The van der Waals surface area contributed by atoms with E-state index < -0.39 is 41.7 Å². The van der Waals surface area contributed by atoms with Gasteiger partial charge in [-0.1, -0.05) is 12.8 Å². The van der Waals surface area contributed by atoms with Crippen LogP contribution in [-0.2, 0) is 23.7 Å². The normalized spacial score (nSPS) is 31.2. The third-order valence-corrected chi connectivity index (χ3v) is 6.06. The van der Waals surface area contributed by atoms with Crippen LogP contribution in [0.4, 0.5) is 0 Å². The summed E-state index contributed by atoms with van der Waals surface area (Å²) in [6, 6.07) is 3.33. The van der Waals surface area contributed by atoms with Gasteiger partial charge in [0.1, 0.15) is 6.10 Å². The zero-order valence-corrected chi connectivity index (χ0v) is 18.1. The summed E-state index contributed by atoms with van der Waals surface area (Å²) < 4.78 is 36.3. The molecule has 30 heavy (non-hydrogen) atoms. The monoisotopic (exact) mass is 439 g/mol. The predicted octanol–water partition coefficient (Wildman–Crippen LogP) is 1.80. The largest absolute Gasteiger partial charge is 0.469 e. The van der Waals surface area contributed by atoms with Gasteiger partial charge in [-0.25, -0.2) is 0 Å². The Morgan fingerprint density at radius 2 is 1.87 bits per heavy atom. The second kappa shape index (κ2) is 7.92. The maximum absolute atomic E-state index is 12.9. The Hall–Kier alpha value is -2.01. The molecule has 2 fully saturated rings. The molecule has 1 aromatic carbocycles. The van der Waals surface area contributed by atoms with E-state index in [0.29, 0.717) is 29.0 Å². The summed E-state index contributed by atoms with van der Waals surface area (Å²) in [5.41, 5.74) is 0.939. The van der Waals surface area contributed by atoms with Crippen molar-refractivity contribution in [2.75, 3.05) is 21.0 Å². The van der Waals surface area contributed by atoms with Gasteiger partial charge in [0.2, 0.25) is 6.79 Å². The van der Waals surface area contributed by atoms with Crippen molar-refractivity contribution in [1.29, 1.82) is 0 Å². The summed E-state index contributed by atoms with van der Waals surface area (Å²) in [5.74, 6) is -1.89. The molecular formula is C20H25NO8S. The summed E-state index contributed by atoms with van der Waals surface area (Å²) >= 11 is 3.91. The van der Waals surface area contributed by atoms with Crippen molar-refractivity contribution in [2.45, 2.75) is 50.3 Å². The van der Waals surface area contributed by atoms with E-state index in [1.54, 1.807) is 12.1 Å². The Balaban J connectivity index is 1.83. The second-order valence-electron chi connectivity index (χ2n) is 7.96. The number of carbonyl (C=O) groups excluding carboxylic acids is 2. The first-order chi connectivity index (χ1) is 14.3. The molecule has 3 aliphatic rings. The van der Waals surface area contributed by atoms with Crippen LogP contribution in [0.5, 0.6) is 11.5 Å². The van der Waals surface area contributed by atoms with Crippen LogP contribution in [0.15, 0.2) is 12.1 Å². The van der Waals surface area contributed by atoms with E-state index in [0.717, 1.165) is 0 Å². The maximum atomic E-state index is 12.9. The lowest BCUT2D eigenvalue weighted by Crippen LogP contribution is -2.52. The number of esters is 1. The molecule has 164 valence electrons. The Morgan fingerprint density at radius 3 is 2.50 bits per heavy atom. The molecule has 5 atom stereocenters. The van der Waals surface area contributed by atoms with Gasteiger partial charge in [-0.15, -0.1) is 0 Å². The highest BCUT2D eigenvalue weighted by Gasteiger charge is 2.56. The number of hydrogen-bond acceptors (Lipinski definition) is 9. The molecule has 0 aromatic heterocycles. The first-order valence-electron chi connectivity index (χ1n) is 9.64. The predicted molar refractivity (Wildman–Crippen MR) is 107 cm³/mol. The van der Waals surface area contributed by atoms with E-state index in [2.05, 4.69) is 17.5 Å². The molecule has 2 aliphatic heterocycles. The maximum Gasteiger partial charge on any atom is 0.312 e. The second-order valence-corrected chi connectivity index (χ2v) is 8.19. The van der Waals surface area contributed by atoms with Crippen molar-refractivity contribution in [3.8, 4) is 11.5 Å². The smallest absolute Gasteiger partial charge is 0.312 e. The fourth-order valence-corrected chi connectivity index (χ4v) is 4.83. The summed E-state index contributed by atoms with van der Waals surface area (Å²) in [6.45, 7) is 3.70. The minimum atomic E-state index is -0.818. The molecule has 9 nitrogen and oxygen atoms in total. The van der Waals surface area contributed by atoms with Crippen molar-refractivity contribution in [2.24, 2.45) is 5.92 Å². The van der Waals surface area contributed by atoms with Crippen LogP contribution in [0.1, 0.15) is 42.1 Å². The van der Waals surface area contributed by atoms with Gasteiger partial charge in [0.15, 0.2) is 17.3 Å². The van der Waals surface area contributed by atoms with Crippen molar-refractivity contribution >= 4 is 24.7 Å². The average molecular weight is 439 g/mol. The standard InChI is InChI=1S/C20H25NO8S/c1-20(2)28-14-6-10(15(19(23)25-4)17(24-3)16(14)29-20)9-5-12-13(27-8-26-12)7-11(9)18(22)21-30/h5,7,10,14-17,30H,6,8H2,1-4H3,(H,21,22). The van der Waals surface area contributed by atoms with Gasteiger partial charge in [-0.05, 0) is 38.0 Å². The van der Waals surface area contributed by atoms with Gasteiger partial charge in [-0.2, -0.15) is 0 Å². The van der Waals surface area contributed by atoms with Crippen LogP contribution < -0.4 is 14.2 Å². The number of thiol groups is 1. The Labute approximate surface area is 179 Å². The van der Waals surface area contributed by atoms with E-state index >= 15 is 0 Å². The number of ether oxygens (including phenoxy) is 6. The summed E-state index contributed by atoms with van der Waals surface area (Å²) in [5, 5.41) is 0. The van der Waals surface area contributed by atoms with Crippen LogP contribution in [0.3, 0.4) is 0 Å². The molecule has 0 spiro atoms. The molecule has 5 unspecified atom stereocenters. The van der Waals surface area contributed by atoms with Crippen LogP contribution >= 0.6 is 12.8 Å². The molecule has 0 bridgehead atoms. The number of carbonyl (C=O) groups is 2. The van der Waals surface area contributed by atoms with Crippen molar-refractivity contribution in [1.82, 2.24) is 4.72 Å². The van der Waals surface area contributed by atoms with Gasteiger partial charge in [0.05, 0.1) is 25.2 Å². The molecule has 1 saturated carbocycles. The lowest BCUT2D eigenvalue weighted by Gasteiger charge is -2.41. The van der Waals surface area contributed by atoms with E-state index in [-0.39, 0.29) is 12.9 Å². The third-order valence-electron chi connectivity index (χ3n) is 5.85.